The number of hydrogen-bond donors (Lipinski definition) is 4. The maximum absolute atomic E-state index is 13.7. The summed E-state index contributed by atoms with van der Waals surface area (Å²) in [6.07, 6.45) is -22.6. The molecule has 0 aromatic heterocycles. The van der Waals surface area contributed by atoms with Gasteiger partial charge in [0.05, 0.1) is 0 Å². The Kier molecular flexibility index (Phi) is 9.48. The zero-order chi connectivity index (χ0) is 34.9. The van der Waals surface area contributed by atoms with Crippen molar-refractivity contribution in [1.82, 2.24) is 0 Å². The van der Waals surface area contributed by atoms with E-state index in [0.29, 0.717) is 18.2 Å². The summed E-state index contributed by atoms with van der Waals surface area (Å²) in [6.45, 7) is 0. The van der Waals surface area contributed by atoms with Gasteiger partial charge in [0.2, 0.25) is 10.8 Å². The standard InChI is InChI=1S/2C15H12F6N2/c16-14(17,18)13(15(19,20)21,9-3-1-5-11(22)7-9)10-4-2-6-12(23)8-10;16-14(17,18)13(15(19,20)21,9-4-6-11(22)7-5-9)10-2-1-3-12(23)8-10/h2*1-8H,22-23H2. The molecule has 0 heterocycles. The first kappa shape index (κ1) is 35.7. The number of halogens is 12. The third kappa shape index (κ3) is 6.33. The van der Waals surface area contributed by atoms with Gasteiger partial charge in [0.15, 0.2) is 0 Å². The van der Waals surface area contributed by atoms with Crippen molar-refractivity contribution in [3.8, 4) is 0 Å². The average Bonchev–Trinajstić information content (AvgIpc) is 2.88. The smallest absolute Gasteiger partial charge is 0.399 e. The summed E-state index contributed by atoms with van der Waals surface area (Å²) in [4.78, 5) is 0. The van der Waals surface area contributed by atoms with Gasteiger partial charge in [-0.05, 0) is 70.8 Å². The van der Waals surface area contributed by atoms with Crippen LogP contribution in [-0.4, -0.2) is 24.7 Å². The highest BCUT2D eigenvalue weighted by atomic mass is 19.4. The zero-order valence-electron chi connectivity index (χ0n) is 23.1. The molecule has 0 saturated carbocycles. The molecular formula is C30H24F12N4. The molecule has 0 amide bonds. The van der Waals surface area contributed by atoms with E-state index in [0.717, 1.165) is 60.7 Å². The van der Waals surface area contributed by atoms with E-state index in [1.54, 1.807) is 0 Å². The van der Waals surface area contributed by atoms with Crippen LogP contribution < -0.4 is 22.9 Å². The molecule has 248 valence electrons. The van der Waals surface area contributed by atoms with Crippen LogP contribution in [0, 0.1) is 0 Å². The lowest BCUT2D eigenvalue weighted by Gasteiger charge is -2.38. The predicted octanol–water partition coefficient (Wildman–Crippen LogP) is 8.52. The summed E-state index contributed by atoms with van der Waals surface area (Å²) in [7, 11) is 0. The molecule has 8 N–H and O–H groups in total. The van der Waals surface area contributed by atoms with E-state index >= 15 is 0 Å². The number of nitrogen functional groups attached to an aromatic ring is 4. The summed E-state index contributed by atoms with van der Waals surface area (Å²) in [5.74, 6) is 0. The molecule has 4 aromatic carbocycles. The second kappa shape index (κ2) is 12.2. The summed E-state index contributed by atoms with van der Waals surface area (Å²) >= 11 is 0. The SMILES string of the molecule is Nc1ccc(C(c2cccc(N)c2)(C(F)(F)F)C(F)(F)F)cc1.Nc1cccc(C(c2cccc(N)c2)(C(F)(F)F)C(F)(F)F)c1. The van der Waals surface area contributed by atoms with Crippen molar-refractivity contribution in [2.45, 2.75) is 35.5 Å². The molecule has 4 aromatic rings. The molecule has 0 aliphatic heterocycles. The van der Waals surface area contributed by atoms with Crippen LogP contribution in [0.4, 0.5) is 75.4 Å². The van der Waals surface area contributed by atoms with Crippen LogP contribution in [0.5, 0.6) is 0 Å². The molecule has 0 saturated heterocycles. The first-order valence-corrected chi connectivity index (χ1v) is 12.7. The van der Waals surface area contributed by atoms with E-state index in [4.69, 9.17) is 22.9 Å². The monoisotopic (exact) mass is 668 g/mol. The van der Waals surface area contributed by atoms with Crippen molar-refractivity contribution in [1.29, 1.82) is 0 Å². The van der Waals surface area contributed by atoms with E-state index in [2.05, 4.69) is 0 Å². The number of alkyl halides is 12. The Morgan fingerprint density at radius 3 is 0.804 bits per heavy atom. The molecule has 0 aliphatic carbocycles. The third-order valence-corrected chi connectivity index (χ3v) is 7.00. The van der Waals surface area contributed by atoms with E-state index in [1.807, 2.05) is 0 Å². The second-order valence-electron chi connectivity index (χ2n) is 9.99. The van der Waals surface area contributed by atoms with E-state index in [9.17, 15) is 52.7 Å². The number of rotatable bonds is 4. The van der Waals surface area contributed by atoms with Crippen LogP contribution in [-0.2, 0) is 10.8 Å². The van der Waals surface area contributed by atoms with Gasteiger partial charge in [-0.15, -0.1) is 0 Å². The first-order chi connectivity index (χ1) is 21.0. The second-order valence-corrected chi connectivity index (χ2v) is 9.99. The van der Waals surface area contributed by atoms with Gasteiger partial charge in [0, 0.05) is 22.7 Å². The van der Waals surface area contributed by atoms with Crippen molar-refractivity contribution in [2.75, 3.05) is 22.9 Å². The van der Waals surface area contributed by atoms with Crippen LogP contribution in [0.1, 0.15) is 22.3 Å². The normalized spacial score (nSPS) is 13.1. The van der Waals surface area contributed by atoms with Crippen LogP contribution in [0.2, 0.25) is 0 Å². The number of hydrogen-bond acceptors (Lipinski definition) is 4. The summed E-state index contributed by atoms with van der Waals surface area (Å²) in [5.41, 5.74) is 8.58. The predicted molar refractivity (Wildman–Crippen MR) is 149 cm³/mol. The molecule has 0 aliphatic rings. The minimum Gasteiger partial charge on any atom is -0.399 e. The van der Waals surface area contributed by atoms with Gasteiger partial charge in [0.25, 0.3) is 0 Å². The fourth-order valence-electron chi connectivity index (χ4n) is 5.01. The minimum atomic E-state index is -5.65. The lowest BCUT2D eigenvalue weighted by Crippen LogP contribution is -2.54. The van der Waals surface area contributed by atoms with Crippen molar-refractivity contribution < 1.29 is 52.7 Å². The van der Waals surface area contributed by atoms with Crippen molar-refractivity contribution in [2.24, 2.45) is 0 Å². The fraction of sp³-hybridized carbons (Fsp3) is 0.200. The Bertz CT molecular complexity index is 1560. The largest absolute Gasteiger partial charge is 0.411 e. The molecule has 46 heavy (non-hydrogen) atoms. The Labute approximate surface area is 253 Å². The van der Waals surface area contributed by atoms with E-state index in [1.165, 1.54) is 18.2 Å². The van der Waals surface area contributed by atoms with Crippen molar-refractivity contribution >= 4 is 22.7 Å². The Balaban J connectivity index is 0.000000250. The molecule has 0 bridgehead atoms. The highest BCUT2D eigenvalue weighted by Gasteiger charge is 2.73. The Hall–Kier alpha value is -4.76. The lowest BCUT2D eigenvalue weighted by atomic mass is 9.72. The molecule has 0 radical (unpaired) electrons. The molecule has 0 atom stereocenters. The molecule has 16 heteroatoms. The van der Waals surface area contributed by atoms with Gasteiger partial charge in [-0.3, -0.25) is 0 Å². The number of nitrogens with two attached hydrogens (primary N) is 4. The molecule has 4 rings (SSSR count). The average molecular weight is 669 g/mol. The quantitative estimate of drug-likeness (QED) is 0.129. The number of benzene rings is 4. The number of anilines is 4. The van der Waals surface area contributed by atoms with Gasteiger partial charge in [-0.2, -0.15) is 52.7 Å². The maximum atomic E-state index is 13.7. The van der Waals surface area contributed by atoms with Gasteiger partial charge >= 0.3 is 24.7 Å². The van der Waals surface area contributed by atoms with Crippen molar-refractivity contribution in [3.05, 3.63) is 119 Å². The maximum Gasteiger partial charge on any atom is 0.411 e. The van der Waals surface area contributed by atoms with Gasteiger partial charge in [-0.25, -0.2) is 0 Å². The van der Waals surface area contributed by atoms with E-state index in [-0.39, 0.29) is 22.7 Å². The lowest BCUT2D eigenvalue weighted by molar-refractivity contribution is -0.290. The summed E-state index contributed by atoms with van der Waals surface area (Å²) < 4.78 is 164. The molecule has 0 fully saturated rings. The zero-order valence-corrected chi connectivity index (χ0v) is 23.1. The van der Waals surface area contributed by atoms with E-state index < -0.39 is 57.8 Å². The minimum absolute atomic E-state index is 0.0552. The first-order valence-electron chi connectivity index (χ1n) is 12.7. The highest BCUT2D eigenvalue weighted by molar-refractivity contribution is 5.54. The van der Waals surface area contributed by atoms with Gasteiger partial charge < -0.3 is 22.9 Å². The topological polar surface area (TPSA) is 104 Å². The third-order valence-electron chi connectivity index (χ3n) is 7.00. The van der Waals surface area contributed by atoms with Crippen molar-refractivity contribution in [3.63, 3.8) is 0 Å². The Morgan fingerprint density at radius 1 is 0.304 bits per heavy atom. The van der Waals surface area contributed by atoms with Crippen LogP contribution in [0.3, 0.4) is 0 Å². The molecule has 4 nitrogen and oxygen atoms in total. The fourth-order valence-corrected chi connectivity index (χ4v) is 5.01. The summed E-state index contributed by atoms with van der Waals surface area (Å²) in [6, 6.07) is 14.5. The van der Waals surface area contributed by atoms with Gasteiger partial charge in [-0.1, -0.05) is 48.5 Å². The molecular weight excluding hydrogens is 644 g/mol. The highest BCUT2D eigenvalue weighted by Crippen LogP contribution is 2.57. The Morgan fingerprint density at radius 2 is 0.565 bits per heavy atom. The molecule has 0 unspecified atom stereocenters. The van der Waals surface area contributed by atoms with Crippen LogP contribution in [0.15, 0.2) is 97.1 Å². The van der Waals surface area contributed by atoms with Crippen LogP contribution in [0.25, 0.3) is 0 Å². The molecule has 0 spiro atoms. The summed E-state index contributed by atoms with van der Waals surface area (Å²) in [5, 5.41) is 0. The van der Waals surface area contributed by atoms with Crippen LogP contribution >= 0.6 is 0 Å². The van der Waals surface area contributed by atoms with Gasteiger partial charge in [0.1, 0.15) is 0 Å².